The molecule has 1 heterocycles. The zero-order valence-electron chi connectivity index (χ0n) is 6.53. The smallest absolute Gasteiger partial charge is 0.183 e. The van der Waals surface area contributed by atoms with Crippen molar-refractivity contribution in [3.63, 3.8) is 0 Å². The van der Waals surface area contributed by atoms with Crippen molar-refractivity contribution in [2.24, 2.45) is 0 Å². The van der Waals surface area contributed by atoms with E-state index in [0.29, 0.717) is 13.2 Å². The van der Waals surface area contributed by atoms with E-state index >= 15 is 0 Å². The van der Waals surface area contributed by atoms with Gasteiger partial charge < -0.3 is 14.6 Å². The van der Waals surface area contributed by atoms with Gasteiger partial charge in [-0.3, -0.25) is 0 Å². The summed E-state index contributed by atoms with van der Waals surface area (Å²) in [6.45, 7) is 4.62. The number of hydrogen-bond acceptors (Lipinski definition) is 3. The van der Waals surface area contributed by atoms with Gasteiger partial charge in [-0.2, -0.15) is 0 Å². The van der Waals surface area contributed by atoms with Crippen molar-refractivity contribution in [3.05, 3.63) is 12.7 Å². The Labute approximate surface area is 66.6 Å². The van der Waals surface area contributed by atoms with Crippen molar-refractivity contribution in [2.45, 2.75) is 25.2 Å². The fourth-order valence-corrected chi connectivity index (χ4v) is 1.06. The minimum absolute atomic E-state index is 0.432. The van der Waals surface area contributed by atoms with Crippen molar-refractivity contribution >= 4 is 0 Å². The molecule has 0 radical (unpaired) electrons. The molecule has 0 saturated carbocycles. The van der Waals surface area contributed by atoms with Crippen LogP contribution in [0.1, 0.15) is 12.8 Å². The molecule has 1 aliphatic rings. The quantitative estimate of drug-likeness (QED) is 0.614. The van der Waals surface area contributed by atoms with Crippen LogP contribution in [0.3, 0.4) is 0 Å². The summed E-state index contributed by atoms with van der Waals surface area (Å²) in [6, 6.07) is 0. The minimum Gasteiger partial charge on any atom is -0.388 e. The zero-order valence-corrected chi connectivity index (χ0v) is 6.53. The Hall–Kier alpha value is -0.380. The van der Waals surface area contributed by atoms with Gasteiger partial charge in [-0.15, -0.1) is 6.58 Å². The van der Waals surface area contributed by atoms with Crippen LogP contribution in [-0.2, 0) is 9.47 Å². The molecule has 0 aliphatic carbocycles. The molecule has 1 aliphatic heterocycles. The number of aliphatic hydroxyl groups is 1. The summed E-state index contributed by atoms with van der Waals surface area (Å²) < 4.78 is 10.3. The van der Waals surface area contributed by atoms with Gasteiger partial charge in [-0.1, -0.05) is 6.08 Å². The van der Waals surface area contributed by atoms with Gasteiger partial charge in [-0.25, -0.2) is 0 Å². The van der Waals surface area contributed by atoms with E-state index < -0.39 is 12.4 Å². The average molecular weight is 158 g/mol. The van der Waals surface area contributed by atoms with Gasteiger partial charge in [0.2, 0.25) is 0 Å². The zero-order chi connectivity index (χ0) is 8.10. The Bertz CT molecular complexity index is 125. The molecule has 0 aromatic rings. The maximum absolute atomic E-state index is 9.31. The highest BCUT2D eigenvalue weighted by Crippen LogP contribution is 2.14. The molecule has 2 atom stereocenters. The molecule has 1 fully saturated rings. The van der Waals surface area contributed by atoms with Crippen molar-refractivity contribution in [1.29, 1.82) is 0 Å². The molecule has 64 valence electrons. The van der Waals surface area contributed by atoms with Crippen LogP contribution >= 0.6 is 0 Å². The maximum atomic E-state index is 9.31. The summed E-state index contributed by atoms with van der Waals surface area (Å²) >= 11 is 0. The summed E-state index contributed by atoms with van der Waals surface area (Å²) in [5.41, 5.74) is 0. The fraction of sp³-hybridized carbons (Fsp3) is 0.750. The van der Waals surface area contributed by atoms with Crippen LogP contribution in [0.5, 0.6) is 0 Å². The van der Waals surface area contributed by atoms with Crippen LogP contribution in [0.2, 0.25) is 0 Å². The van der Waals surface area contributed by atoms with Gasteiger partial charge in [0.25, 0.3) is 0 Å². The molecule has 0 aromatic heterocycles. The maximum Gasteiger partial charge on any atom is 0.183 e. The van der Waals surface area contributed by atoms with E-state index in [1.807, 2.05) is 0 Å². The number of rotatable bonds is 3. The summed E-state index contributed by atoms with van der Waals surface area (Å²) in [6.07, 6.45) is 2.41. The number of ether oxygens (including phenoxy) is 2. The Morgan fingerprint density at radius 3 is 3.18 bits per heavy atom. The number of aliphatic hydroxyl groups excluding tert-OH is 1. The second kappa shape index (κ2) is 4.49. The Morgan fingerprint density at radius 1 is 1.73 bits per heavy atom. The van der Waals surface area contributed by atoms with Crippen LogP contribution in [-0.4, -0.2) is 30.7 Å². The van der Waals surface area contributed by atoms with Gasteiger partial charge in [0.05, 0.1) is 6.61 Å². The molecule has 0 aromatic carbocycles. The van der Waals surface area contributed by atoms with E-state index in [-0.39, 0.29) is 0 Å². The standard InChI is InChI=1S/C8H14O3/c1-2-5-10-8-7(9)4-3-6-11-8/h2,7-9H,1,3-6H2/t7-,8+/m0/s1. The average Bonchev–Trinajstić information content (AvgIpc) is 2.03. The Kier molecular flexibility index (Phi) is 3.56. The normalized spacial score (nSPS) is 31.7. The lowest BCUT2D eigenvalue weighted by molar-refractivity contribution is -0.209. The fourth-order valence-electron chi connectivity index (χ4n) is 1.06. The Balaban J connectivity index is 2.23. The summed E-state index contributed by atoms with van der Waals surface area (Å²) in [4.78, 5) is 0. The van der Waals surface area contributed by atoms with Crippen molar-refractivity contribution in [1.82, 2.24) is 0 Å². The highest BCUT2D eigenvalue weighted by atomic mass is 16.7. The van der Waals surface area contributed by atoms with Gasteiger partial charge >= 0.3 is 0 Å². The first-order valence-corrected chi connectivity index (χ1v) is 3.87. The van der Waals surface area contributed by atoms with Crippen molar-refractivity contribution < 1.29 is 14.6 Å². The van der Waals surface area contributed by atoms with Crippen LogP contribution < -0.4 is 0 Å². The predicted octanol–water partition coefficient (Wildman–Crippen LogP) is 0.686. The molecule has 0 amide bonds. The lowest BCUT2D eigenvalue weighted by Crippen LogP contribution is -2.36. The monoisotopic (exact) mass is 158 g/mol. The van der Waals surface area contributed by atoms with Crippen molar-refractivity contribution in [3.8, 4) is 0 Å². The van der Waals surface area contributed by atoms with E-state index in [0.717, 1.165) is 12.8 Å². The molecule has 1 N–H and O–H groups in total. The first-order chi connectivity index (χ1) is 5.34. The third-order valence-electron chi connectivity index (χ3n) is 1.62. The topological polar surface area (TPSA) is 38.7 Å². The van der Waals surface area contributed by atoms with E-state index in [1.54, 1.807) is 6.08 Å². The number of hydrogen-bond donors (Lipinski definition) is 1. The molecular formula is C8H14O3. The molecular weight excluding hydrogens is 144 g/mol. The van der Waals surface area contributed by atoms with Gasteiger partial charge in [-0.05, 0) is 12.8 Å². The molecule has 3 nitrogen and oxygen atoms in total. The highest BCUT2D eigenvalue weighted by Gasteiger charge is 2.23. The van der Waals surface area contributed by atoms with E-state index in [2.05, 4.69) is 6.58 Å². The molecule has 3 heteroatoms. The second-order valence-corrected chi connectivity index (χ2v) is 2.57. The van der Waals surface area contributed by atoms with Gasteiger partial charge in [0.15, 0.2) is 6.29 Å². The van der Waals surface area contributed by atoms with E-state index in [1.165, 1.54) is 0 Å². The lowest BCUT2D eigenvalue weighted by atomic mass is 10.1. The molecule has 0 unspecified atom stereocenters. The van der Waals surface area contributed by atoms with Gasteiger partial charge in [0, 0.05) is 6.61 Å². The Morgan fingerprint density at radius 2 is 2.55 bits per heavy atom. The summed E-state index contributed by atoms with van der Waals surface area (Å²) in [5, 5.41) is 9.31. The SMILES string of the molecule is C=CCO[C@@H]1OCCC[C@@H]1O. The minimum atomic E-state index is -0.469. The summed E-state index contributed by atoms with van der Waals surface area (Å²) in [7, 11) is 0. The van der Waals surface area contributed by atoms with E-state index in [9.17, 15) is 5.11 Å². The summed E-state index contributed by atoms with van der Waals surface area (Å²) in [5.74, 6) is 0. The third kappa shape index (κ3) is 2.61. The van der Waals surface area contributed by atoms with E-state index in [4.69, 9.17) is 9.47 Å². The second-order valence-electron chi connectivity index (χ2n) is 2.57. The van der Waals surface area contributed by atoms with Gasteiger partial charge in [0.1, 0.15) is 6.10 Å². The third-order valence-corrected chi connectivity index (χ3v) is 1.62. The van der Waals surface area contributed by atoms with Crippen LogP contribution in [0, 0.1) is 0 Å². The molecule has 0 bridgehead atoms. The van der Waals surface area contributed by atoms with Crippen LogP contribution in [0.15, 0.2) is 12.7 Å². The van der Waals surface area contributed by atoms with Crippen LogP contribution in [0.4, 0.5) is 0 Å². The molecule has 1 saturated heterocycles. The lowest BCUT2D eigenvalue weighted by Gasteiger charge is -2.27. The highest BCUT2D eigenvalue weighted by molar-refractivity contribution is 4.69. The molecule has 1 rings (SSSR count). The molecule has 11 heavy (non-hydrogen) atoms. The molecule has 0 spiro atoms. The van der Waals surface area contributed by atoms with Crippen molar-refractivity contribution in [2.75, 3.05) is 13.2 Å². The predicted molar refractivity (Wildman–Crippen MR) is 41.1 cm³/mol. The van der Waals surface area contributed by atoms with Crippen LogP contribution in [0.25, 0.3) is 0 Å². The first-order valence-electron chi connectivity index (χ1n) is 3.87. The largest absolute Gasteiger partial charge is 0.388 e. The first kappa shape index (κ1) is 8.71.